The van der Waals surface area contributed by atoms with E-state index in [0.29, 0.717) is 0 Å². The SMILES string of the molecule is C=C/C=c1/nc2c(ccc3ccc(-c4ccc5cc(-c6ccc7ccc(C(C)/C=C\C=C/N)nc7c6)ccc5c4)nc32)c(-c2ccccc2)c1=C. The Bertz CT molecular complexity index is 2810. The van der Waals surface area contributed by atoms with Crippen LogP contribution in [-0.2, 0) is 0 Å². The Morgan fingerprint density at radius 3 is 2.10 bits per heavy atom. The zero-order chi connectivity index (χ0) is 34.9. The molecule has 1 atom stereocenters. The lowest BCUT2D eigenvalue weighted by Crippen LogP contribution is -2.29. The third kappa shape index (κ3) is 5.98. The van der Waals surface area contributed by atoms with Gasteiger partial charge in [0.25, 0.3) is 0 Å². The van der Waals surface area contributed by atoms with Crippen molar-refractivity contribution < 1.29 is 0 Å². The van der Waals surface area contributed by atoms with Crippen LogP contribution in [0.2, 0.25) is 0 Å². The standard InChI is InChI=1S/C47H36N4/c1-4-10-42-31(3)45(33-12-6-5-7-13-33)40-23-20-34-22-25-43(51-46(34)47(40)50-42)39-19-18-35-27-36(16-17-37(35)28-39)38-15-14-32-21-24-41(49-44(32)29-38)30(2)11-8-9-26-48/h4-30H,1,3,48H2,2H3/b11-8-,26-9-,42-10+. The Hall–Kier alpha value is -6.65. The minimum Gasteiger partial charge on any atom is -0.405 e. The molecule has 0 saturated heterocycles. The highest BCUT2D eigenvalue weighted by molar-refractivity contribution is 6.09. The maximum absolute atomic E-state index is 5.48. The molecule has 4 heteroatoms. The first kappa shape index (κ1) is 31.6. The molecule has 51 heavy (non-hydrogen) atoms. The first-order valence-corrected chi connectivity index (χ1v) is 17.1. The van der Waals surface area contributed by atoms with Gasteiger partial charge in [0.2, 0.25) is 0 Å². The molecule has 0 radical (unpaired) electrons. The molecule has 0 aliphatic heterocycles. The van der Waals surface area contributed by atoms with Crippen LogP contribution in [0.25, 0.3) is 89.6 Å². The van der Waals surface area contributed by atoms with Crippen molar-refractivity contribution in [1.29, 1.82) is 0 Å². The second-order valence-corrected chi connectivity index (χ2v) is 12.8. The van der Waals surface area contributed by atoms with Gasteiger partial charge < -0.3 is 5.73 Å². The van der Waals surface area contributed by atoms with Gasteiger partial charge in [-0.1, -0.05) is 129 Å². The normalized spacial score (nSPS) is 12.9. The van der Waals surface area contributed by atoms with Crippen molar-refractivity contribution in [2.75, 3.05) is 0 Å². The average Bonchev–Trinajstić information content (AvgIpc) is 3.17. The number of hydrogen-bond acceptors (Lipinski definition) is 4. The summed E-state index contributed by atoms with van der Waals surface area (Å²) >= 11 is 0. The number of pyridine rings is 3. The highest BCUT2D eigenvalue weighted by Gasteiger charge is 2.13. The number of rotatable bonds is 7. The van der Waals surface area contributed by atoms with Crippen LogP contribution in [0.5, 0.6) is 0 Å². The Kier molecular flexibility index (Phi) is 8.27. The summed E-state index contributed by atoms with van der Waals surface area (Å²) in [5.74, 6) is 0.178. The highest BCUT2D eigenvalue weighted by atomic mass is 14.8. The van der Waals surface area contributed by atoms with E-state index in [9.17, 15) is 0 Å². The van der Waals surface area contributed by atoms with Gasteiger partial charge >= 0.3 is 0 Å². The molecule has 0 fully saturated rings. The minimum atomic E-state index is 0.178. The maximum atomic E-state index is 5.48. The fourth-order valence-electron chi connectivity index (χ4n) is 6.86. The summed E-state index contributed by atoms with van der Waals surface area (Å²) in [6, 6.07) is 42.8. The molecule has 0 saturated carbocycles. The Labute approximate surface area is 297 Å². The van der Waals surface area contributed by atoms with Crippen molar-refractivity contribution in [3.8, 4) is 33.5 Å². The zero-order valence-electron chi connectivity index (χ0n) is 28.4. The number of allylic oxidation sites excluding steroid dienone is 4. The molecule has 4 nitrogen and oxygen atoms in total. The van der Waals surface area contributed by atoms with Gasteiger partial charge in [0.1, 0.15) is 0 Å². The topological polar surface area (TPSA) is 64.7 Å². The van der Waals surface area contributed by atoms with Crippen molar-refractivity contribution in [1.82, 2.24) is 15.0 Å². The smallest absolute Gasteiger partial charge is 0.0978 e. The number of aromatic nitrogens is 3. The van der Waals surface area contributed by atoms with Crippen LogP contribution < -0.4 is 16.3 Å². The lowest BCUT2D eigenvalue weighted by atomic mass is 9.96. The van der Waals surface area contributed by atoms with Crippen molar-refractivity contribution in [2.24, 2.45) is 5.73 Å². The van der Waals surface area contributed by atoms with Crippen molar-refractivity contribution >= 4 is 56.1 Å². The van der Waals surface area contributed by atoms with Crippen LogP contribution in [-0.4, -0.2) is 15.0 Å². The van der Waals surface area contributed by atoms with Crippen LogP contribution in [0.1, 0.15) is 18.5 Å². The van der Waals surface area contributed by atoms with Gasteiger partial charge in [-0.3, -0.25) is 4.98 Å². The predicted molar refractivity (Wildman–Crippen MR) is 216 cm³/mol. The summed E-state index contributed by atoms with van der Waals surface area (Å²) in [4.78, 5) is 15.3. The molecule has 0 aliphatic rings. The number of hydrogen-bond donors (Lipinski definition) is 1. The first-order chi connectivity index (χ1) is 25.0. The van der Waals surface area contributed by atoms with E-state index in [0.717, 1.165) is 93.3 Å². The van der Waals surface area contributed by atoms with Gasteiger partial charge in [-0.25, -0.2) is 9.97 Å². The van der Waals surface area contributed by atoms with Crippen LogP contribution in [0.3, 0.4) is 0 Å². The van der Waals surface area contributed by atoms with E-state index in [-0.39, 0.29) is 5.92 Å². The monoisotopic (exact) mass is 656 g/mol. The molecule has 244 valence electrons. The van der Waals surface area contributed by atoms with Gasteiger partial charge in [0, 0.05) is 38.6 Å². The van der Waals surface area contributed by atoms with Gasteiger partial charge in [-0.2, -0.15) is 0 Å². The van der Waals surface area contributed by atoms with Crippen LogP contribution in [0.4, 0.5) is 0 Å². The van der Waals surface area contributed by atoms with Gasteiger partial charge in [0.05, 0.1) is 27.6 Å². The second kappa shape index (κ2) is 13.3. The second-order valence-electron chi connectivity index (χ2n) is 12.8. The summed E-state index contributed by atoms with van der Waals surface area (Å²) in [7, 11) is 0. The van der Waals surface area contributed by atoms with E-state index >= 15 is 0 Å². The molecule has 1 unspecified atom stereocenters. The lowest BCUT2D eigenvalue weighted by molar-refractivity contribution is 0.918. The van der Waals surface area contributed by atoms with Crippen LogP contribution in [0.15, 0.2) is 158 Å². The molecular weight excluding hydrogens is 621 g/mol. The molecule has 3 heterocycles. The minimum absolute atomic E-state index is 0.178. The maximum Gasteiger partial charge on any atom is 0.0978 e. The largest absolute Gasteiger partial charge is 0.405 e. The van der Waals surface area contributed by atoms with Gasteiger partial charge in [-0.05, 0) is 81.7 Å². The lowest BCUT2D eigenvalue weighted by Gasteiger charge is -2.12. The first-order valence-electron chi connectivity index (χ1n) is 17.1. The van der Waals surface area contributed by atoms with E-state index in [2.05, 4.69) is 141 Å². The third-order valence-electron chi connectivity index (χ3n) is 9.56. The van der Waals surface area contributed by atoms with E-state index in [1.54, 1.807) is 6.08 Å². The summed E-state index contributed by atoms with van der Waals surface area (Å²) in [5.41, 5.74) is 15.6. The van der Waals surface area contributed by atoms with Crippen LogP contribution in [0, 0.1) is 0 Å². The van der Waals surface area contributed by atoms with E-state index in [4.69, 9.17) is 20.7 Å². The number of benzene rings is 5. The fourth-order valence-corrected chi connectivity index (χ4v) is 6.86. The van der Waals surface area contributed by atoms with Crippen LogP contribution >= 0.6 is 0 Å². The van der Waals surface area contributed by atoms with E-state index < -0.39 is 0 Å². The molecule has 0 bridgehead atoms. The van der Waals surface area contributed by atoms with Crippen molar-refractivity contribution in [2.45, 2.75) is 12.8 Å². The summed E-state index contributed by atoms with van der Waals surface area (Å²) in [6.45, 7) is 10.5. The summed E-state index contributed by atoms with van der Waals surface area (Å²) in [5, 5.41) is 7.17. The Morgan fingerprint density at radius 2 is 1.31 bits per heavy atom. The molecule has 0 spiro atoms. The molecule has 3 aromatic heterocycles. The number of nitrogens with two attached hydrogens (primary N) is 1. The summed E-state index contributed by atoms with van der Waals surface area (Å²) in [6.07, 6.45) is 11.1. The molecule has 8 rings (SSSR count). The van der Waals surface area contributed by atoms with E-state index in [1.165, 1.54) is 6.20 Å². The average molecular weight is 657 g/mol. The predicted octanol–water partition coefficient (Wildman–Crippen LogP) is 9.99. The van der Waals surface area contributed by atoms with Gasteiger partial charge in [0.15, 0.2) is 0 Å². The fraction of sp³-hybridized carbons (Fsp3) is 0.0426. The zero-order valence-corrected chi connectivity index (χ0v) is 28.4. The van der Waals surface area contributed by atoms with Crippen molar-refractivity contribution in [3.63, 3.8) is 0 Å². The molecular formula is C47H36N4. The quantitative estimate of drug-likeness (QED) is 0.137. The highest BCUT2D eigenvalue weighted by Crippen LogP contribution is 2.33. The van der Waals surface area contributed by atoms with Gasteiger partial charge in [-0.15, -0.1) is 0 Å². The van der Waals surface area contributed by atoms with Crippen molar-refractivity contribution in [3.05, 3.63) is 175 Å². The molecule has 0 amide bonds. The molecule has 5 aromatic carbocycles. The molecule has 8 aromatic rings. The molecule has 2 N–H and O–H groups in total. The van der Waals surface area contributed by atoms with E-state index in [1.807, 2.05) is 24.3 Å². The Balaban J connectivity index is 1.18. The third-order valence-corrected chi connectivity index (χ3v) is 9.56. The Morgan fingerprint density at radius 1 is 0.627 bits per heavy atom. The summed E-state index contributed by atoms with van der Waals surface area (Å²) < 4.78 is 0. The number of nitrogens with zero attached hydrogens (tertiary/aromatic N) is 3. The molecule has 0 aliphatic carbocycles. The number of fused-ring (bicyclic) bond motifs is 5.